The predicted molar refractivity (Wildman–Crippen MR) is 87.8 cm³/mol. The molecule has 1 aromatic heterocycles. The van der Waals surface area contributed by atoms with E-state index in [1.807, 2.05) is 54.9 Å². The summed E-state index contributed by atoms with van der Waals surface area (Å²) in [6.45, 7) is 4.66. The first-order valence-corrected chi connectivity index (χ1v) is 7.72. The number of carbonyl (C=O) groups is 1. The smallest absolute Gasteiger partial charge is 0.268 e. The lowest BCUT2D eigenvalue weighted by Gasteiger charge is -2.19. The van der Waals surface area contributed by atoms with Gasteiger partial charge in [-0.2, -0.15) is 0 Å². The van der Waals surface area contributed by atoms with Crippen LogP contribution >= 0.6 is 0 Å². The van der Waals surface area contributed by atoms with Crippen LogP contribution in [0.4, 0.5) is 0 Å². The normalized spacial score (nSPS) is 13.6. The Morgan fingerprint density at radius 3 is 2.59 bits per heavy atom. The molecule has 1 heterocycles. The number of benzene rings is 1. The van der Waals surface area contributed by atoms with Crippen molar-refractivity contribution in [2.24, 2.45) is 5.92 Å². The lowest BCUT2D eigenvalue weighted by Crippen LogP contribution is -2.39. The number of aliphatic hydroxyl groups is 1. The molecule has 118 valence electrons. The van der Waals surface area contributed by atoms with E-state index in [4.69, 9.17) is 5.11 Å². The van der Waals surface area contributed by atoms with Gasteiger partial charge in [-0.05, 0) is 37.0 Å². The Kier molecular flexibility index (Phi) is 5.78. The fourth-order valence-electron chi connectivity index (χ4n) is 2.29. The third-order valence-electron chi connectivity index (χ3n) is 4.05. The average molecular weight is 300 g/mol. The van der Waals surface area contributed by atoms with Gasteiger partial charge in [0.2, 0.25) is 0 Å². The average Bonchev–Trinajstić information content (AvgIpc) is 3.01. The van der Waals surface area contributed by atoms with E-state index in [1.165, 1.54) is 5.56 Å². The zero-order chi connectivity index (χ0) is 15.9. The van der Waals surface area contributed by atoms with Crippen molar-refractivity contribution in [3.8, 4) is 0 Å². The predicted octanol–water partition coefficient (Wildman–Crippen LogP) is 2.48. The first kappa shape index (κ1) is 16.3. The molecule has 0 fully saturated rings. The molecule has 2 rings (SSSR count). The minimum Gasteiger partial charge on any atom is -0.396 e. The van der Waals surface area contributed by atoms with Crippen LogP contribution in [0.25, 0.3) is 0 Å². The molecule has 0 spiro atoms. The van der Waals surface area contributed by atoms with Gasteiger partial charge in [-0.1, -0.05) is 37.3 Å². The Labute approximate surface area is 131 Å². The number of amides is 1. The molecular weight excluding hydrogens is 276 g/mol. The Bertz CT molecular complexity index is 592. The third kappa shape index (κ3) is 4.21. The van der Waals surface area contributed by atoms with Gasteiger partial charge >= 0.3 is 0 Å². The summed E-state index contributed by atoms with van der Waals surface area (Å²) in [5, 5.41) is 12.1. The molecular formula is C18H24N2O2. The van der Waals surface area contributed by atoms with E-state index >= 15 is 0 Å². The number of nitrogens with zero attached hydrogens (tertiary/aromatic N) is 1. The highest BCUT2D eigenvalue weighted by atomic mass is 16.3. The summed E-state index contributed by atoms with van der Waals surface area (Å²) in [6, 6.07) is 13.9. The molecule has 4 nitrogen and oxygen atoms in total. The summed E-state index contributed by atoms with van der Waals surface area (Å²) >= 11 is 0. The summed E-state index contributed by atoms with van der Waals surface area (Å²) in [6.07, 6.45) is 2.82. The third-order valence-corrected chi connectivity index (χ3v) is 4.05. The lowest BCUT2D eigenvalue weighted by molar-refractivity contribution is 0.0907. The van der Waals surface area contributed by atoms with Crippen LogP contribution < -0.4 is 5.32 Å². The van der Waals surface area contributed by atoms with Gasteiger partial charge in [0.1, 0.15) is 5.69 Å². The summed E-state index contributed by atoms with van der Waals surface area (Å²) in [7, 11) is 0. The number of aromatic nitrogens is 1. The number of hydrogen-bond donors (Lipinski definition) is 2. The van der Waals surface area contributed by atoms with Gasteiger partial charge in [0, 0.05) is 25.4 Å². The number of aryl methyl sites for hydroxylation is 2. The van der Waals surface area contributed by atoms with Crippen molar-refractivity contribution < 1.29 is 9.90 Å². The highest BCUT2D eigenvalue weighted by Gasteiger charge is 2.17. The van der Waals surface area contributed by atoms with E-state index in [1.54, 1.807) is 0 Å². The van der Waals surface area contributed by atoms with E-state index in [-0.39, 0.29) is 24.5 Å². The van der Waals surface area contributed by atoms with E-state index in [9.17, 15) is 4.79 Å². The monoisotopic (exact) mass is 300 g/mol. The number of rotatable bonds is 7. The van der Waals surface area contributed by atoms with Crippen LogP contribution in [-0.4, -0.2) is 28.2 Å². The van der Waals surface area contributed by atoms with E-state index in [0.717, 1.165) is 13.0 Å². The highest BCUT2D eigenvalue weighted by molar-refractivity contribution is 5.92. The van der Waals surface area contributed by atoms with Crippen LogP contribution in [0.5, 0.6) is 0 Å². The van der Waals surface area contributed by atoms with Crippen LogP contribution in [0, 0.1) is 5.92 Å². The Morgan fingerprint density at radius 2 is 1.91 bits per heavy atom. The number of hydrogen-bond acceptors (Lipinski definition) is 2. The zero-order valence-corrected chi connectivity index (χ0v) is 13.2. The van der Waals surface area contributed by atoms with Crippen molar-refractivity contribution in [1.82, 2.24) is 9.88 Å². The summed E-state index contributed by atoms with van der Waals surface area (Å²) in [5.41, 5.74) is 1.91. The molecule has 2 unspecified atom stereocenters. The van der Waals surface area contributed by atoms with Crippen LogP contribution in [0.2, 0.25) is 0 Å². The molecule has 2 aromatic rings. The first-order valence-electron chi connectivity index (χ1n) is 7.72. The van der Waals surface area contributed by atoms with Gasteiger partial charge in [-0.25, -0.2) is 0 Å². The molecule has 0 aliphatic heterocycles. The second kappa shape index (κ2) is 7.80. The van der Waals surface area contributed by atoms with Crippen molar-refractivity contribution in [1.29, 1.82) is 0 Å². The summed E-state index contributed by atoms with van der Waals surface area (Å²) in [5.74, 6) is -0.0532. The van der Waals surface area contributed by atoms with Crippen LogP contribution in [-0.2, 0) is 13.0 Å². The Morgan fingerprint density at radius 1 is 1.18 bits per heavy atom. The number of nitrogens with one attached hydrogen (secondary N) is 1. The maximum atomic E-state index is 12.4. The SMILES string of the molecule is CC(CO)C(C)NC(=O)c1cccn1CCc1ccccc1. The van der Waals surface area contributed by atoms with Gasteiger partial charge in [-0.15, -0.1) is 0 Å². The van der Waals surface area contributed by atoms with Crippen molar-refractivity contribution in [3.05, 3.63) is 59.9 Å². The molecule has 1 aromatic carbocycles. The standard InChI is InChI=1S/C18H24N2O2/c1-14(13-21)15(2)19-18(22)17-9-6-11-20(17)12-10-16-7-4-3-5-8-16/h3-9,11,14-15,21H,10,12-13H2,1-2H3,(H,19,22). The number of aliphatic hydroxyl groups excluding tert-OH is 1. The lowest BCUT2D eigenvalue weighted by atomic mass is 10.1. The van der Waals surface area contributed by atoms with Gasteiger partial charge in [-0.3, -0.25) is 4.79 Å². The van der Waals surface area contributed by atoms with Crippen LogP contribution in [0.15, 0.2) is 48.7 Å². The highest BCUT2D eigenvalue weighted by Crippen LogP contribution is 2.08. The van der Waals surface area contributed by atoms with Gasteiger partial charge < -0.3 is 15.0 Å². The van der Waals surface area contributed by atoms with Crippen molar-refractivity contribution in [3.63, 3.8) is 0 Å². The zero-order valence-electron chi connectivity index (χ0n) is 13.2. The van der Waals surface area contributed by atoms with E-state index in [2.05, 4.69) is 17.4 Å². The molecule has 2 atom stereocenters. The van der Waals surface area contributed by atoms with Crippen LogP contribution in [0.1, 0.15) is 29.9 Å². The molecule has 0 aliphatic carbocycles. The molecule has 0 saturated carbocycles. The minimum atomic E-state index is -0.0918. The number of carbonyl (C=O) groups excluding carboxylic acids is 1. The summed E-state index contributed by atoms with van der Waals surface area (Å²) < 4.78 is 1.97. The fraction of sp³-hybridized carbons (Fsp3) is 0.389. The molecule has 22 heavy (non-hydrogen) atoms. The molecule has 1 amide bonds. The molecule has 2 N–H and O–H groups in total. The van der Waals surface area contributed by atoms with Crippen molar-refractivity contribution in [2.75, 3.05) is 6.61 Å². The maximum Gasteiger partial charge on any atom is 0.268 e. The van der Waals surface area contributed by atoms with Gasteiger partial charge in [0.15, 0.2) is 0 Å². The minimum absolute atomic E-state index is 0.0386. The molecule has 0 saturated heterocycles. The quantitative estimate of drug-likeness (QED) is 0.825. The first-order chi connectivity index (χ1) is 10.6. The van der Waals surface area contributed by atoms with Gasteiger partial charge in [0.25, 0.3) is 5.91 Å². The van der Waals surface area contributed by atoms with Crippen molar-refractivity contribution >= 4 is 5.91 Å². The largest absolute Gasteiger partial charge is 0.396 e. The topological polar surface area (TPSA) is 54.3 Å². The molecule has 0 bridgehead atoms. The summed E-state index contributed by atoms with van der Waals surface area (Å²) in [4.78, 5) is 12.4. The second-order valence-corrected chi connectivity index (χ2v) is 5.74. The second-order valence-electron chi connectivity index (χ2n) is 5.74. The molecule has 4 heteroatoms. The molecule has 0 aliphatic rings. The Balaban J connectivity index is 1.98. The van der Waals surface area contributed by atoms with E-state index < -0.39 is 0 Å². The van der Waals surface area contributed by atoms with Gasteiger partial charge in [0.05, 0.1) is 0 Å². The fourth-order valence-corrected chi connectivity index (χ4v) is 2.29. The van der Waals surface area contributed by atoms with Crippen molar-refractivity contribution in [2.45, 2.75) is 32.9 Å². The maximum absolute atomic E-state index is 12.4. The molecule has 0 radical (unpaired) electrons. The van der Waals surface area contributed by atoms with E-state index in [0.29, 0.717) is 5.69 Å². The Hall–Kier alpha value is -2.07. The van der Waals surface area contributed by atoms with Crippen LogP contribution in [0.3, 0.4) is 0 Å².